The lowest BCUT2D eigenvalue weighted by Crippen LogP contribution is -2.35. The highest BCUT2D eigenvalue weighted by Gasteiger charge is 2.26. The Morgan fingerprint density at radius 3 is 2.41 bits per heavy atom. The zero-order chi connectivity index (χ0) is 26.0. The van der Waals surface area contributed by atoms with Gasteiger partial charge >= 0.3 is 0 Å². The van der Waals surface area contributed by atoms with E-state index in [1.165, 1.54) is 5.56 Å². The molecule has 1 aliphatic rings. The molecule has 5 rings (SSSR count). The molecule has 0 saturated carbocycles. The highest BCUT2D eigenvalue weighted by molar-refractivity contribution is 5.98. The first-order chi connectivity index (χ1) is 17.8. The van der Waals surface area contributed by atoms with Crippen molar-refractivity contribution in [3.05, 3.63) is 71.5 Å². The fourth-order valence-electron chi connectivity index (χ4n) is 4.86. The topological polar surface area (TPSA) is 75.4 Å². The Morgan fingerprint density at radius 2 is 1.70 bits per heavy atom. The van der Waals surface area contributed by atoms with Crippen LogP contribution in [0, 0.1) is 0 Å². The van der Waals surface area contributed by atoms with Gasteiger partial charge in [0.15, 0.2) is 0 Å². The average Bonchev–Trinajstić information content (AvgIpc) is 3.17. The van der Waals surface area contributed by atoms with Crippen LogP contribution < -0.4 is 4.90 Å². The van der Waals surface area contributed by atoms with Crippen LogP contribution in [0.3, 0.4) is 0 Å². The van der Waals surface area contributed by atoms with Gasteiger partial charge in [-0.1, -0.05) is 75.3 Å². The minimum Gasteiger partial charge on any atom is -0.354 e. The molecular formula is C30H35N5O2. The summed E-state index contributed by atoms with van der Waals surface area (Å²) in [5.41, 5.74) is 4.27. The van der Waals surface area contributed by atoms with Crippen molar-refractivity contribution in [3.8, 4) is 11.3 Å². The Bertz CT molecular complexity index is 1370. The van der Waals surface area contributed by atoms with E-state index in [2.05, 4.69) is 54.9 Å². The number of hydrogen-bond acceptors (Lipinski definition) is 6. The van der Waals surface area contributed by atoms with Gasteiger partial charge in [0.2, 0.25) is 0 Å². The van der Waals surface area contributed by atoms with Gasteiger partial charge in [-0.25, -0.2) is 4.98 Å². The van der Waals surface area contributed by atoms with Crippen LogP contribution in [0.25, 0.3) is 22.4 Å². The first-order valence-electron chi connectivity index (χ1n) is 13.2. The van der Waals surface area contributed by atoms with Crippen LogP contribution in [0.15, 0.2) is 59.1 Å². The molecule has 192 valence electrons. The fraction of sp³-hybridized carbons (Fsp3) is 0.400. The summed E-state index contributed by atoms with van der Waals surface area (Å²) in [5.74, 6) is 1.69. The van der Waals surface area contributed by atoms with Gasteiger partial charge in [0, 0.05) is 43.7 Å². The van der Waals surface area contributed by atoms with E-state index in [0.29, 0.717) is 25.3 Å². The van der Waals surface area contributed by atoms with E-state index in [9.17, 15) is 4.79 Å². The second-order valence-corrected chi connectivity index (χ2v) is 10.8. The Balaban J connectivity index is 1.42. The molecule has 7 nitrogen and oxygen atoms in total. The van der Waals surface area contributed by atoms with E-state index in [1.807, 2.05) is 47.4 Å². The number of nitrogens with zero attached hydrogens (tertiary/aromatic N) is 5. The fourth-order valence-corrected chi connectivity index (χ4v) is 4.86. The Morgan fingerprint density at radius 1 is 0.946 bits per heavy atom. The van der Waals surface area contributed by atoms with Crippen LogP contribution in [-0.4, -0.2) is 52.1 Å². The predicted molar refractivity (Wildman–Crippen MR) is 147 cm³/mol. The number of anilines is 1. The van der Waals surface area contributed by atoms with Crippen LogP contribution >= 0.6 is 0 Å². The SMILES string of the molecule is CCCc1nc(N2CCCN(C(=O)c3ccc(C(C)(C)C)cc3)CC2)c2c(-c3ccccc3)noc2n1. The van der Waals surface area contributed by atoms with E-state index in [4.69, 9.17) is 9.51 Å². The third-order valence-corrected chi connectivity index (χ3v) is 6.96. The number of fused-ring (bicyclic) bond motifs is 1. The molecule has 0 spiro atoms. The Hall–Kier alpha value is -3.74. The van der Waals surface area contributed by atoms with Crippen molar-refractivity contribution in [3.63, 3.8) is 0 Å². The summed E-state index contributed by atoms with van der Waals surface area (Å²) in [7, 11) is 0. The van der Waals surface area contributed by atoms with Gasteiger partial charge in [-0.15, -0.1) is 0 Å². The van der Waals surface area contributed by atoms with E-state index in [-0.39, 0.29) is 11.3 Å². The van der Waals surface area contributed by atoms with Gasteiger partial charge in [-0.3, -0.25) is 4.79 Å². The number of amides is 1. The Kier molecular flexibility index (Phi) is 6.96. The maximum absolute atomic E-state index is 13.4. The second kappa shape index (κ2) is 10.3. The van der Waals surface area contributed by atoms with Crippen LogP contribution in [-0.2, 0) is 11.8 Å². The maximum atomic E-state index is 13.4. The van der Waals surface area contributed by atoms with Gasteiger partial charge in [0.1, 0.15) is 22.7 Å². The molecule has 1 aliphatic heterocycles. The zero-order valence-electron chi connectivity index (χ0n) is 22.2. The van der Waals surface area contributed by atoms with Crippen molar-refractivity contribution in [2.45, 2.75) is 52.4 Å². The largest absolute Gasteiger partial charge is 0.354 e. The molecule has 1 saturated heterocycles. The number of hydrogen-bond donors (Lipinski definition) is 0. The third-order valence-electron chi connectivity index (χ3n) is 6.96. The normalized spacial score (nSPS) is 14.7. The van der Waals surface area contributed by atoms with Crippen LogP contribution in [0.4, 0.5) is 5.82 Å². The molecule has 0 unspecified atom stereocenters. The minimum atomic E-state index is 0.0603. The van der Waals surface area contributed by atoms with Crippen LogP contribution in [0.2, 0.25) is 0 Å². The van der Waals surface area contributed by atoms with Crippen molar-refractivity contribution in [2.75, 3.05) is 31.1 Å². The van der Waals surface area contributed by atoms with Gasteiger partial charge in [0.05, 0.1) is 0 Å². The summed E-state index contributed by atoms with van der Waals surface area (Å²) in [6.07, 6.45) is 2.57. The predicted octanol–water partition coefficient (Wildman–Crippen LogP) is 5.89. The molecule has 1 amide bonds. The first-order valence-corrected chi connectivity index (χ1v) is 13.2. The van der Waals surface area contributed by atoms with E-state index in [0.717, 1.165) is 59.7 Å². The number of aromatic nitrogens is 3. The summed E-state index contributed by atoms with van der Waals surface area (Å²) < 4.78 is 5.71. The number of rotatable bonds is 5. The van der Waals surface area contributed by atoms with Gasteiger partial charge in [-0.2, -0.15) is 4.98 Å². The molecular weight excluding hydrogens is 462 g/mol. The molecule has 3 heterocycles. The molecule has 0 radical (unpaired) electrons. The molecule has 2 aromatic heterocycles. The lowest BCUT2D eigenvalue weighted by atomic mass is 9.86. The summed E-state index contributed by atoms with van der Waals surface area (Å²) in [5, 5.41) is 5.22. The summed E-state index contributed by atoms with van der Waals surface area (Å²) in [4.78, 5) is 27.2. The number of benzene rings is 2. The zero-order valence-corrected chi connectivity index (χ0v) is 22.2. The van der Waals surface area contributed by atoms with E-state index < -0.39 is 0 Å². The smallest absolute Gasteiger partial charge is 0.263 e. The lowest BCUT2D eigenvalue weighted by Gasteiger charge is -2.24. The first kappa shape index (κ1) is 24.9. The number of carbonyl (C=O) groups is 1. The van der Waals surface area contributed by atoms with Crippen molar-refractivity contribution in [1.82, 2.24) is 20.0 Å². The molecule has 1 fully saturated rings. The average molecular weight is 498 g/mol. The summed E-state index contributed by atoms with van der Waals surface area (Å²) in [6, 6.07) is 18.1. The molecule has 0 bridgehead atoms. The number of aryl methyl sites for hydroxylation is 1. The highest BCUT2D eigenvalue weighted by Crippen LogP contribution is 2.34. The van der Waals surface area contributed by atoms with Gasteiger partial charge in [-0.05, 0) is 36.0 Å². The highest BCUT2D eigenvalue weighted by atomic mass is 16.5. The summed E-state index contributed by atoms with van der Waals surface area (Å²) >= 11 is 0. The lowest BCUT2D eigenvalue weighted by molar-refractivity contribution is 0.0767. The van der Waals surface area contributed by atoms with Crippen molar-refractivity contribution < 1.29 is 9.32 Å². The molecule has 37 heavy (non-hydrogen) atoms. The Labute approximate surface area is 218 Å². The quantitative estimate of drug-likeness (QED) is 0.342. The summed E-state index contributed by atoms with van der Waals surface area (Å²) in [6.45, 7) is 11.5. The monoisotopic (exact) mass is 497 g/mol. The van der Waals surface area contributed by atoms with Crippen LogP contribution in [0.5, 0.6) is 0 Å². The van der Waals surface area contributed by atoms with Crippen LogP contribution in [0.1, 0.15) is 62.3 Å². The molecule has 2 aromatic carbocycles. The number of carbonyl (C=O) groups excluding carboxylic acids is 1. The van der Waals surface area contributed by atoms with Gasteiger partial charge < -0.3 is 14.3 Å². The van der Waals surface area contributed by atoms with E-state index >= 15 is 0 Å². The third kappa shape index (κ3) is 5.22. The molecule has 4 aromatic rings. The van der Waals surface area contributed by atoms with Crippen molar-refractivity contribution in [1.29, 1.82) is 0 Å². The standard InChI is InChI=1S/C30H35N5O2/c1-5-10-24-31-27(25-26(33-37-28(25)32-24)21-11-7-6-8-12-21)34-17-9-18-35(20-19-34)29(36)22-13-15-23(16-14-22)30(2,3)4/h6-8,11-16H,5,9-10,17-20H2,1-4H3. The van der Waals surface area contributed by atoms with Crippen molar-refractivity contribution in [2.24, 2.45) is 0 Å². The van der Waals surface area contributed by atoms with Crippen molar-refractivity contribution >= 4 is 22.8 Å². The minimum absolute atomic E-state index is 0.0603. The maximum Gasteiger partial charge on any atom is 0.263 e. The van der Waals surface area contributed by atoms with E-state index in [1.54, 1.807) is 0 Å². The molecule has 0 N–H and O–H groups in total. The molecule has 0 atom stereocenters. The molecule has 0 aliphatic carbocycles. The molecule has 7 heteroatoms. The second-order valence-electron chi connectivity index (χ2n) is 10.8. The van der Waals surface area contributed by atoms with Gasteiger partial charge in [0.25, 0.3) is 11.6 Å².